The number of aryl methyl sites for hydroxylation is 1. The first-order chi connectivity index (χ1) is 14.0. The third kappa shape index (κ3) is 3.80. The summed E-state index contributed by atoms with van der Waals surface area (Å²) in [6.07, 6.45) is 0. The number of benzene rings is 2. The third-order valence-electron chi connectivity index (χ3n) is 4.42. The van der Waals surface area contributed by atoms with Crippen LogP contribution in [0.3, 0.4) is 0 Å². The number of anilines is 1. The van der Waals surface area contributed by atoms with Gasteiger partial charge in [0.2, 0.25) is 0 Å². The monoisotopic (exact) mass is 391 g/mol. The largest absolute Gasteiger partial charge is 0.494 e. The summed E-state index contributed by atoms with van der Waals surface area (Å²) in [6, 6.07) is 14.6. The van der Waals surface area contributed by atoms with Crippen molar-refractivity contribution in [2.75, 3.05) is 11.9 Å². The Bertz CT molecular complexity index is 1170. The number of amides is 1. The molecule has 0 fully saturated rings. The van der Waals surface area contributed by atoms with E-state index in [1.54, 1.807) is 49.4 Å². The number of hydrogen-bond donors (Lipinski definition) is 1. The molecule has 4 aromatic rings. The fourth-order valence-corrected chi connectivity index (χ4v) is 3.04. The molecule has 6 nitrogen and oxygen atoms in total. The molecular weight excluding hydrogens is 373 g/mol. The molecule has 4 rings (SSSR count). The number of aromatic nitrogens is 2. The third-order valence-corrected chi connectivity index (χ3v) is 4.42. The fraction of sp³-hybridized carbons (Fsp3) is 0.136. The van der Waals surface area contributed by atoms with Crippen molar-refractivity contribution in [1.82, 2.24) is 10.1 Å². The lowest BCUT2D eigenvalue weighted by Gasteiger charge is -2.09. The summed E-state index contributed by atoms with van der Waals surface area (Å²) in [6.45, 7) is 4.22. The van der Waals surface area contributed by atoms with Gasteiger partial charge in [-0.25, -0.2) is 9.37 Å². The summed E-state index contributed by atoms with van der Waals surface area (Å²) in [5.74, 6) is 0.0558. The minimum absolute atomic E-state index is 0.251. The molecule has 146 valence electrons. The molecule has 1 amide bonds. The summed E-state index contributed by atoms with van der Waals surface area (Å²) in [5.41, 5.74) is 2.97. The number of nitrogens with zero attached hydrogens (tertiary/aromatic N) is 2. The molecule has 0 saturated heterocycles. The summed E-state index contributed by atoms with van der Waals surface area (Å²) in [4.78, 5) is 17.5. The molecule has 0 radical (unpaired) electrons. The Balaban J connectivity index is 1.72. The number of ether oxygens (including phenoxy) is 1. The second-order valence-electron chi connectivity index (χ2n) is 6.42. The van der Waals surface area contributed by atoms with Gasteiger partial charge in [-0.3, -0.25) is 4.79 Å². The second-order valence-corrected chi connectivity index (χ2v) is 6.42. The van der Waals surface area contributed by atoms with Gasteiger partial charge in [0.25, 0.3) is 11.6 Å². The molecule has 2 aromatic carbocycles. The van der Waals surface area contributed by atoms with Gasteiger partial charge in [0.05, 0.1) is 28.9 Å². The van der Waals surface area contributed by atoms with E-state index in [4.69, 9.17) is 9.26 Å². The Hall–Kier alpha value is -3.74. The van der Waals surface area contributed by atoms with Crippen molar-refractivity contribution < 1.29 is 18.4 Å². The van der Waals surface area contributed by atoms with E-state index in [2.05, 4.69) is 15.5 Å². The summed E-state index contributed by atoms with van der Waals surface area (Å²) in [7, 11) is 0. The Morgan fingerprint density at radius 1 is 1.14 bits per heavy atom. The number of pyridine rings is 1. The zero-order valence-electron chi connectivity index (χ0n) is 15.9. The Morgan fingerprint density at radius 3 is 2.55 bits per heavy atom. The fourth-order valence-electron chi connectivity index (χ4n) is 3.04. The van der Waals surface area contributed by atoms with Crippen LogP contribution in [0.25, 0.3) is 22.4 Å². The lowest BCUT2D eigenvalue weighted by atomic mass is 10.0. The van der Waals surface area contributed by atoms with E-state index in [-0.39, 0.29) is 17.4 Å². The van der Waals surface area contributed by atoms with Crippen LogP contribution >= 0.6 is 0 Å². The summed E-state index contributed by atoms with van der Waals surface area (Å²) in [5, 5.41) is 7.35. The molecule has 0 bridgehead atoms. The van der Waals surface area contributed by atoms with Crippen LogP contribution in [-0.4, -0.2) is 22.7 Å². The summed E-state index contributed by atoms with van der Waals surface area (Å²) >= 11 is 0. The SMILES string of the molecule is CCOc1ccc(NC(=O)c2cc(-c3ccc(F)cc3)nc3onc(C)c23)cc1. The molecule has 0 saturated carbocycles. The first-order valence-corrected chi connectivity index (χ1v) is 9.12. The maximum absolute atomic E-state index is 13.3. The number of halogens is 1. The van der Waals surface area contributed by atoms with Gasteiger partial charge in [-0.1, -0.05) is 5.16 Å². The first-order valence-electron chi connectivity index (χ1n) is 9.12. The van der Waals surface area contributed by atoms with Gasteiger partial charge in [0.1, 0.15) is 11.6 Å². The highest BCUT2D eigenvalue weighted by molar-refractivity contribution is 6.13. The Labute approximate surface area is 166 Å². The number of carbonyl (C=O) groups is 1. The van der Waals surface area contributed by atoms with Crippen LogP contribution in [0, 0.1) is 12.7 Å². The lowest BCUT2D eigenvalue weighted by Crippen LogP contribution is -2.13. The molecule has 7 heteroatoms. The predicted molar refractivity (Wildman–Crippen MR) is 107 cm³/mol. The highest BCUT2D eigenvalue weighted by Crippen LogP contribution is 2.28. The van der Waals surface area contributed by atoms with Crippen molar-refractivity contribution in [3.05, 3.63) is 71.7 Å². The molecule has 0 spiro atoms. The molecule has 0 aliphatic carbocycles. The van der Waals surface area contributed by atoms with E-state index in [1.807, 2.05) is 6.92 Å². The molecule has 0 aliphatic heterocycles. The minimum atomic E-state index is -0.348. The van der Waals surface area contributed by atoms with Crippen molar-refractivity contribution in [2.45, 2.75) is 13.8 Å². The maximum Gasteiger partial charge on any atom is 0.259 e. The Morgan fingerprint density at radius 2 is 1.86 bits per heavy atom. The van der Waals surface area contributed by atoms with Crippen molar-refractivity contribution in [3.8, 4) is 17.0 Å². The molecule has 29 heavy (non-hydrogen) atoms. The maximum atomic E-state index is 13.3. The van der Waals surface area contributed by atoms with Gasteiger partial charge in [-0.15, -0.1) is 0 Å². The molecule has 2 aromatic heterocycles. The highest BCUT2D eigenvalue weighted by Gasteiger charge is 2.19. The standard InChI is InChI=1S/C22H18FN3O3/c1-3-28-17-10-8-16(9-11-17)24-21(27)18-12-19(14-4-6-15(23)7-5-14)25-22-20(18)13(2)26-29-22/h4-12H,3H2,1-2H3,(H,24,27). The average Bonchev–Trinajstić information content (AvgIpc) is 3.10. The molecule has 1 N–H and O–H groups in total. The number of carbonyl (C=O) groups excluding carboxylic acids is 1. The van der Waals surface area contributed by atoms with Crippen LogP contribution in [0.1, 0.15) is 23.0 Å². The lowest BCUT2D eigenvalue weighted by molar-refractivity contribution is 0.102. The smallest absolute Gasteiger partial charge is 0.259 e. The van der Waals surface area contributed by atoms with E-state index < -0.39 is 0 Å². The van der Waals surface area contributed by atoms with E-state index in [9.17, 15) is 9.18 Å². The van der Waals surface area contributed by atoms with Gasteiger partial charge in [-0.05, 0) is 68.4 Å². The van der Waals surface area contributed by atoms with E-state index in [0.29, 0.717) is 40.2 Å². The topological polar surface area (TPSA) is 77.2 Å². The summed E-state index contributed by atoms with van der Waals surface area (Å²) < 4.78 is 24.0. The molecule has 0 aliphatic rings. The number of hydrogen-bond acceptors (Lipinski definition) is 5. The number of nitrogens with one attached hydrogen (secondary N) is 1. The van der Waals surface area contributed by atoms with Gasteiger partial charge in [0, 0.05) is 11.3 Å². The van der Waals surface area contributed by atoms with E-state index in [1.165, 1.54) is 12.1 Å². The minimum Gasteiger partial charge on any atom is -0.494 e. The van der Waals surface area contributed by atoms with Crippen LogP contribution in [-0.2, 0) is 0 Å². The van der Waals surface area contributed by atoms with Crippen LogP contribution in [0.4, 0.5) is 10.1 Å². The van der Waals surface area contributed by atoms with Crippen LogP contribution in [0.2, 0.25) is 0 Å². The van der Waals surface area contributed by atoms with Crippen LogP contribution in [0.15, 0.2) is 59.1 Å². The molecular formula is C22H18FN3O3. The van der Waals surface area contributed by atoms with E-state index >= 15 is 0 Å². The molecule has 0 atom stereocenters. The van der Waals surface area contributed by atoms with Gasteiger partial charge in [-0.2, -0.15) is 0 Å². The highest BCUT2D eigenvalue weighted by atomic mass is 19.1. The van der Waals surface area contributed by atoms with Crippen LogP contribution < -0.4 is 10.1 Å². The Kier molecular flexibility index (Phi) is 4.95. The molecule has 0 unspecified atom stereocenters. The molecule has 2 heterocycles. The first kappa shape index (κ1) is 18.6. The normalized spacial score (nSPS) is 10.9. The van der Waals surface area contributed by atoms with E-state index in [0.717, 1.165) is 5.75 Å². The average molecular weight is 391 g/mol. The zero-order chi connectivity index (χ0) is 20.4. The zero-order valence-corrected chi connectivity index (χ0v) is 15.9. The number of fused-ring (bicyclic) bond motifs is 1. The van der Waals surface area contributed by atoms with Gasteiger partial charge >= 0.3 is 0 Å². The van der Waals surface area contributed by atoms with Crippen molar-refractivity contribution in [3.63, 3.8) is 0 Å². The quantitative estimate of drug-likeness (QED) is 0.519. The van der Waals surface area contributed by atoms with Crippen LogP contribution in [0.5, 0.6) is 5.75 Å². The predicted octanol–water partition coefficient (Wildman–Crippen LogP) is 4.99. The number of rotatable bonds is 5. The van der Waals surface area contributed by atoms with Crippen molar-refractivity contribution in [2.24, 2.45) is 0 Å². The second kappa shape index (κ2) is 7.71. The van der Waals surface area contributed by atoms with Gasteiger partial charge < -0.3 is 14.6 Å². The van der Waals surface area contributed by atoms with Crippen molar-refractivity contribution in [1.29, 1.82) is 0 Å². The van der Waals surface area contributed by atoms with Gasteiger partial charge in [0.15, 0.2) is 0 Å². The van der Waals surface area contributed by atoms with Crippen molar-refractivity contribution >= 4 is 22.7 Å².